The van der Waals surface area contributed by atoms with Crippen molar-refractivity contribution < 1.29 is 19.3 Å². The number of nitrogens with two attached hydrogens (primary N) is 1. The highest BCUT2D eigenvalue weighted by Gasteiger charge is 2.23. The first-order valence-electron chi connectivity index (χ1n) is 7.90. The van der Waals surface area contributed by atoms with E-state index in [1.165, 1.54) is 0 Å². The molecule has 0 unspecified atom stereocenters. The first kappa shape index (κ1) is 17.2. The van der Waals surface area contributed by atoms with Crippen molar-refractivity contribution >= 4 is 17.6 Å². The lowest BCUT2D eigenvalue weighted by Crippen LogP contribution is -2.75. The van der Waals surface area contributed by atoms with E-state index in [1.807, 2.05) is 49.4 Å². The normalized spacial score (nSPS) is 11.2. The van der Waals surface area contributed by atoms with Gasteiger partial charge in [-0.1, -0.05) is 53.5 Å². The second kappa shape index (κ2) is 7.93. The van der Waals surface area contributed by atoms with Crippen molar-refractivity contribution in [3.63, 3.8) is 0 Å². The molecule has 0 spiro atoms. The van der Waals surface area contributed by atoms with Crippen LogP contribution in [-0.2, 0) is 11.4 Å². The smallest absolute Gasteiger partial charge is 0.379 e. The summed E-state index contributed by atoms with van der Waals surface area (Å²) in [6.45, 7) is 2.39. The summed E-state index contributed by atoms with van der Waals surface area (Å²) in [6.07, 6.45) is 0. The number of benzene rings is 2. The Morgan fingerprint density at radius 1 is 1.15 bits per heavy atom. The van der Waals surface area contributed by atoms with Crippen LogP contribution in [0.1, 0.15) is 27.2 Å². The van der Waals surface area contributed by atoms with Crippen molar-refractivity contribution in [3.05, 3.63) is 77.0 Å². The van der Waals surface area contributed by atoms with Crippen LogP contribution in [0.25, 0.3) is 0 Å². The number of rotatable bonds is 4. The van der Waals surface area contributed by atoms with Crippen molar-refractivity contribution in [2.75, 3.05) is 5.73 Å². The predicted molar refractivity (Wildman–Crippen MR) is 93.7 cm³/mol. The Hall–Kier alpha value is -3.68. The summed E-state index contributed by atoms with van der Waals surface area (Å²) >= 11 is 0. The fourth-order valence-corrected chi connectivity index (χ4v) is 2.17. The van der Waals surface area contributed by atoms with Crippen LogP contribution in [-0.4, -0.2) is 22.1 Å². The summed E-state index contributed by atoms with van der Waals surface area (Å²) in [5, 5.41) is 7.26. The average molecular weight is 352 g/mol. The lowest BCUT2D eigenvalue weighted by atomic mass is 10.2. The first-order chi connectivity index (χ1) is 12.6. The third-order valence-electron chi connectivity index (χ3n) is 3.60. The highest BCUT2D eigenvalue weighted by atomic mass is 16.7. The van der Waals surface area contributed by atoms with E-state index < -0.39 is 5.97 Å². The predicted octanol–water partition coefficient (Wildman–Crippen LogP) is 0.349. The maximum absolute atomic E-state index is 12.2. The zero-order chi connectivity index (χ0) is 18.4. The number of anilines is 1. The molecule has 0 aliphatic carbocycles. The van der Waals surface area contributed by atoms with E-state index in [-0.39, 0.29) is 17.3 Å². The van der Waals surface area contributed by atoms with Crippen molar-refractivity contribution in [1.29, 1.82) is 0 Å². The summed E-state index contributed by atoms with van der Waals surface area (Å²) < 4.78 is 4.62. The van der Waals surface area contributed by atoms with Gasteiger partial charge in [0.2, 0.25) is 11.5 Å². The molecule has 4 N–H and O–H groups in total. The van der Waals surface area contributed by atoms with Gasteiger partial charge in [0.1, 0.15) is 6.54 Å². The van der Waals surface area contributed by atoms with Gasteiger partial charge in [0, 0.05) is 0 Å². The molecule has 0 radical (unpaired) electrons. The van der Waals surface area contributed by atoms with Gasteiger partial charge in [-0.3, -0.25) is 9.83 Å². The number of carbonyl (C=O) groups excluding carboxylic acids is 1. The number of nitrogen functional groups attached to an aromatic ring is 1. The van der Waals surface area contributed by atoms with Gasteiger partial charge in [0.15, 0.2) is 0 Å². The molecule has 0 saturated carbocycles. The Labute approximate surface area is 149 Å². The average Bonchev–Trinajstić information content (AvgIpc) is 3.09. The van der Waals surface area contributed by atoms with Gasteiger partial charge in [-0.15, -0.1) is 0 Å². The SMILES string of the molecule is Cc1ccc(C(=O)ONC(=[NH+]Cc2ccccc2)c2nonc2N)cc1. The van der Waals surface area contributed by atoms with E-state index in [1.54, 1.807) is 12.1 Å². The molecule has 0 aliphatic rings. The molecule has 0 atom stereocenters. The molecule has 0 saturated heterocycles. The number of nitrogens with one attached hydrogen (secondary N) is 2. The molecule has 0 fully saturated rings. The topological polar surface area (TPSA) is 117 Å². The van der Waals surface area contributed by atoms with Crippen LogP contribution in [0.4, 0.5) is 5.82 Å². The number of aryl methyl sites for hydroxylation is 1. The van der Waals surface area contributed by atoms with Crippen LogP contribution in [0.15, 0.2) is 59.2 Å². The van der Waals surface area contributed by atoms with Gasteiger partial charge < -0.3 is 5.73 Å². The Balaban J connectivity index is 1.74. The van der Waals surface area contributed by atoms with Gasteiger partial charge in [0.25, 0.3) is 0 Å². The lowest BCUT2D eigenvalue weighted by molar-refractivity contribution is -0.478. The number of amidine groups is 1. The molecule has 3 rings (SSSR count). The van der Waals surface area contributed by atoms with E-state index in [4.69, 9.17) is 10.6 Å². The number of nitrogens with zero attached hydrogens (tertiary/aromatic N) is 2. The molecule has 0 bridgehead atoms. The zero-order valence-corrected chi connectivity index (χ0v) is 14.1. The fourth-order valence-electron chi connectivity index (χ4n) is 2.17. The van der Waals surface area contributed by atoms with E-state index >= 15 is 0 Å². The van der Waals surface area contributed by atoms with Crippen LogP contribution in [0.5, 0.6) is 0 Å². The summed E-state index contributed by atoms with van der Waals surface area (Å²) in [4.78, 5) is 20.4. The Bertz CT molecular complexity index is 904. The quantitative estimate of drug-likeness (QED) is 0.352. The van der Waals surface area contributed by atoms with Gasteiger partial charge in [-0.2, -0.15) is 0 Å². The van der Waals surface area contributed by atoms with Crippen molar-refractivity contribution in [2.45, 2.75) is 13.5 Å². The molecule has 8 nitrogen and oxygen atoms in total. The summed E-state index contributed by atoms with van der Waals surface area (Å²) in [5.74, 6) is -0.202. The molecule has 26 heavy (non-hydrogen) atoms. The lowest BCUT2D eigenvalue weighted by Gasteiger charge is -2.02. The number of carbonyl (C=O) groups is 1. The highest BCUT2D eigenvalue weighted by Crippen LogP contribution is 2.05. The Kier molecular flexibility index (Phi) is 5.23. The second-order valence-electron chi connectivity index (χ2n) is 5.57. The molecule has 1 heterocycles. The Morgan fingerprint density at radius 2 is 1.88 bits per heavy atom. The minimum Gasteiger partial charge on any atom is -0.379 e. The van der Waals surface area contributed by atoms with E-state index in [9.17, 15) is 4.79 Å². The highest BCUT2D eigenvalue weighted by molar-refractivity contribution is 5.97. The minimum atomic E-state index is -0.543. The van der Waals surface area contributed by atoms with Gasteiger partial charge in [0.05, 0.1) is 5.56 Å². The molecule has 2 aromatic carbocycles. The molecule has 3 aromatic rings. The van der Waals surface area contributed by atoms with Gasteiger partial charge in [-0.05, 0) is 34.9 Å². The number of hydroxylamine groups is 1. The fraction of sp³-hybridized carbons (Fsp3) is 0.111. The van der Waals surface area contributed by atoms with E-state index in [0.717, 1.165) is 11.1 Å². The molecule has 132 valence electrons. The summed E-state index contributed by atoms with van der Waals surface area (Å²) in [6, 6.07) is 16.7. The van der Waals surface area contributed by atoms with Crippen LogP contribution in [0, 0.1) is 6.92 Å². The number of hydrogen-bond acceptors (Lipinski definition) is 6. The first-order valence-corrected chi connectivity index (χ1v) is 7.90. The van der Waals surface area contributed by atoms with Crippen LogP contribution >= 0.6 is 0 Å². The number of hydrogen-bond donors (Lipinski definition) is 3. The zero-order valence-electron chi connectivity index (χ0n) is 14.1. The minimum absolute atomic E-state index is 0.0689. The Morgan fingerprint density at radius 3 is 2.54 bits per heavy atom. The summed E-state index contributed by atoms with van der Waals surface area (Å²) in [7, 11) is 0. The number of aromatic nitrogens is 2. The van der Waals surface area contributed by atoms with E-state index in [0.29, 0.717) is 12.1 Å². The molecule has 0 amide bonds. The largest absolute Gasteiger partial charge is 0.387 e. The maximum atomic E-state index is 12.2. The second-order valence-corrected chi connectivity index (χ2v) is 5.57. The standard InChI is InChI=1S/C18H17N5O3/c1-12-7-9-14(10-8-12)18(24)25-23-17(15-16(19)22-26-21-15)20-11-13-5-3-2-4-6-13/h2-10H,11H2,1H3,(H2,19,22)(H,20,23)/p+1. The van der Waals surface area contributed by atoms with Crippen LogP contribution in [0.3, 0.4) is 0 Å². The van der Waals surface area contributed by atoms with Gasteiger partial charge >= 0.3 is 11.8 Å². The molecular weight excluding hydrogens is 334 g/mol. The third kappa shape index (κ3) is 4.23. The van der Waals surface area contributed by atoms with Gasteiger partial charge in [-0.25, -0.2) is 9.42 Å². The van der Waals surface area contributed by atoms with E-state index in [2.05, 4.69) is 25.4 Å². The van der Waals surface area contributed by atoms with Crippen molar-refractivity contribution in [3.8, 4) is 0 Å². The van der Waals surface area contributed by atoms with Crippen molar-refractivity contribution in [1.82, 2.24) is 15.8 Å². The summed E-state index contributed by atoms with van der Waals surface area (Å²) in [5.41, 5.74) is 11.0. The molecular formula is C18H18N5O3+. The van der Waals surface area contributed by atoms with Crippen LogP contribution in [0.2, 0.25) is 0 Å². The molecule has 1 aromatic heterocycles. The monoisotopic (exact) mass is 352 g/mol. The maximum Gasteiger partial charge on any atom is 0.387 e. The molecule has 8 heteroatoms. The van der Waals surface area contributed by atoms with Crippen molar-refractivity contribution in [2.24, 2.45) is 0 Å². The van der Waals surface area contributed by atoms with Crippen LogP contribution < -0.4 is 16.2 Å². The molecule has 0 aliphatic heterocycles. The third-order valence-corrected chi connectivity index (χ3v) is 3.60.